The molecule has 0 saturated carbocycles. The fourth-order valence-electron chi connectivity index (χ4n) is 1.58. The van der Waals surface area contributed by atoms with Gasteiger partial charge in [-0.1, -0.05) is 18.7 Å². The first kappa shape index (κ1) is 14.8. The minimum atomic E-state index is 0.00531. The van der Waals surface area contributed by atoms with Gasteiger partial charge in [-0.25, -0.2) is 0 Å². The van der Waals surface area contributed by atoms with Crippen molar-refractivity contribution >= 4 is 17.5 Å². The molecule has 0 bridgehead atoms. The van der Waals surface area contributed by atoms with Crippen LogP contribution in [0.15, 0.2) is 36.6 Å². The Balaban J connectivity index is 2.41. The molecule has 0 aliphatic carbocycles. The SMILES string of the molecule is C=C/C=C(\C=C/CCl)OCC(=O)N1CCNCC1. The van der Waals surface area contributed by atoms with Crippen LogP contribution < -0.4 is 5.32 Å². The maximum absolute atomic E-state index is 11.9. The van der Waals surface area contributed by atoms with Gasteiger partial charge in [-0.15, -0.1) is 11.6 Å². The first-order chi connectivity index (χ1) is 8.77. The van der Waals surface area contributed by atoms with Crippen molar-refractivity contribution in [1.29, 1.82) is 0 Å². The third-order valence-electron chi connectivity index (χ3n) is 2.49. The lowest BCUT2D eigenvalue weighted by Gasteiger charge is -2.27. The number of nitrogens with one attached hydrogen (secondary N) is 1. The zero-order valence-corrected chi connectivity index (χ0v) is 11.2. The number of rotatable bonds is 6. The molecule has 0 atom stereocenters. The number of carbonyl (C=O) groups excluding carboxylic acids is 1. The molecule has 100 valence electrons. The van der Waals surface area contributed by atoms with E-state index in [1.807, 2.05) is 0 Å². The first-order valence-corrected chi connectivity index (χ1v) is 6.48. The predicted molar refractivity (Wildman–Crippen MR) is 73.5 cm³/mol. The van der Waals surface area contributed by atoms with Crippen LogP contribution in [0.2, 0.25) is 0 Å². The Morgan fingerprint density at radius 3 is 2.78 bits per heavy atom. The molecule has 5 heteroatoms. The Morgan fingerprint density at radius 1 is 1.44 bits per heavy atom. The van der Waals surface area contributed by atoms with Gasteiger partial charge < -0.3 is 15.0 Å². The average molecular weight is 271 g/mol. The molecule has 1 aliphatic heterocycles. The zero-order valence-electron chi connectivity index (χ0n) is 10.4. The van der Waals surface area contributed by atoms with Crippen molar-refractivity contribution < 1.29 is 9.53 Å². The summed E-state index contributed by atoms with van der Waals surface area (Å²) in [6.45, 7) is 6.80. The molecule has 1 fully saturated rings. The van der Waals surface area contributed by atoms with Gasteiger partial charge in [0.1, 0.15) is 5.76 Å². The van der Waals surface area contributed by atoms with Gasteiger partial charge in [0.25, 0.3) is 5.91 Å². The van der Waals surface area contributed by atoms with Crippen molar-refractivity contribution in [2.75, 3.05) is 38.7 Å². The highest BCUT2D eigenvalue weighted by molar-refractivity contribution is 6.18. The summed E-state index contributed by atoms with van der Waals surface area (Å²) in [5.41, 5.74) is 0. The van der Waals surface area contributed by atoms with Gasteiger partial charge in [0.15, 0.2) is 6.61 Å². The Kier molecular flexibility index (Phi) is 7.22. The molecule has 18 heavy (non-hydrogen) atoms. The molecule has 0 spiro atoms. The largest absolute Gasteiger partial charge is 0.484 e. The Labute approximate surface area is 113 Å². The van der Waals surface area contributed by atoms with Crippen LogP contribution >= 0.6 is 11.6 Å². The summed E-state index contributed by atoms with van der Waals surface area (Å²) in [5, 5.41) is 3.20. The van der Waals surface area contributed by atoms with E-state index in [1.54, 1.807) is 29.2 Å². The molecule has 1 N–H and O–H groups in total. The fraction of sp³-hybridized carbons (Fsp3) is 0.462. The maximum atomic E-state index is 11.9. The van der Waals surface area contributed by atoms with Crippen LogP contribution in [0, 0.1) is 0 Å². The number of ether oxygens (including phenoxy) is 1. The molecule has 1 rings (SSSR count). The van der Waals surface area contributed by atoms with Crippen molar-refractivity contribution in [2.45, 2.75) is 0 Å². The molecule has 0 aromatic heterocycles. The van der Waals surface area contributed by atoms with Crippen LogP contribution in [0.4, 0.5) is 0 Å². The van der Waals surface area contributed by atoms with Crippen LogP contribution in [0.3, 0.4) is 0 Å². The molecule has 0 aromatic carbocycles. The molecule has 0 unspecified atom stereocenters. The van der Waals surface area contributed by atoms with Crippen LogP contribution in [0.5, 0.6) is 0 Å². The Morgan fingerprint density at radius 2 is 2.17 bits per heavy atom. The molecule has 0 radical (unpaired) electrons. The normalized spacial score (nSPS) is 16.9. The van der Waals surface area contributed by atoms with E-state index in [2.05, 4.69) is 11.9 Å². The highest BCUT2D eigenvalue weighted by Crippen LogP contribution is 2.03. The monoisotopic (exact) mass is 270 g/mol. The van der Waals surface area contributed by atoms with E-state index in [0.29, 0.717) is 11.6 Å². The molecule has 1 saturated heterocycles. The fourth-order valence-corrected chi connectivity index (χ4v) is 1.67. The van der Waals surface area contributed by atoms with Gasteiger partial charge in [0.2, 0.25) is 0 Å². The molecule has 4 nitrogen and oxygen atoms in total. The lowest BCUT2D eigenvalue weighted by Crippen LogP contribution is -2.47. The third-order valence-corrected chi connectivity index (χ3v) is 2.66. The summed E-state index contributed by atoms with van der Waals surface area (Å²) in [6.07, 6.45) is 6.81. The van der Waals surface area contributed by atoms with Crippen LogP contribution in [0.1, 0.15) is 0 Å². The highest BCUT2D eigenvalue weighted by atomic mass is 35.5. The number of halogens is 1. The highest BCUT2D eigenvalue weighted by Gasteiger charge is 2.16. The van der Waals surface area contributed by atoms with Gasteiger partial charge in [-0.05, 0) is 12.2 Å². The third kappa shape index (κ3) is 5.38. The standard InChI is InChI=1S/C13H19ClN2O2/c1-2-4-12(5-3-6-14)18-11-13(17)16-9-7-15-8-10-16/h2-5,15H,1,6-11H2/b5-3-,12-4+. The summed E-state index contributed by atoms with van der Waals surface area (Å²) < 4.78 is 5.43. The number of amides is 1. The molecular weight excluding hydrogens is 252 g/mol. The van der Waals surface area contributed by atoms with E-state index in [1.165, 1.54) is 0 Å². The molecule has 1 amide bonds. The quantitative estimate of drug-likeness (QED) is 0.449. The van der Waals surface area contributed by atoms with Gasteiger partial charge >= 0.3 is 0 Å². The molecule has 0 aromatic rings. The van der Waals surface area contributed by atoms with Gasteiger partial charge in [-0.2, -0.15) is 0 Å². The molecule has 1 heterocycles. The van der Waals surface area contributed by atoms with Gasteiger partial charge in [0.05, 0.1) is 0 Å². The minimum absolute atomic E-state index is 0.00531. The number of hydrogen-bond acceptors (Lipinski definition) is 3. The van der Waals surface area contributed by atoms with Gasteiger partial charge in [-0.3, -0.25) is 4.79 Å². The molecule has 1 aliphatic rings. The zero-order chi connectivity index (χ0) is 13.2. The summed E-state index contributed by atoms with van der Waals surface area (Å²) in [5.74, 6) is 1.00. The van der Waals surface area contributed by atoms with E-state index in [-0.39, 0.29) is 12.5 Å². The van der Waals surface area contributed by atoms with E-state index < -0.39 is 0 Å². The van der Waals surface area contributed by atoms with Crippen molar-refractivity contribution in [3.63, 3.8) is 0 Å². The summed E-state index contributed by atoms with van der Waals surface area (Å²) in [6, 6.07) is 0. The second kappa shape index (κ2) is 8.78. The number of hydrogen-bond donors (Lipinski definition) is 1. The van der Waals surface area contributed by atoms with E-state index in [4.69, 9.17) is 16.3 Å². The van der Waals surface area contributed by atoms with Crippen LogP contribution in [-0.2, 0) is 9.53 Å². The van der Waals surface area contributed by atoms with E-state index in [9.17, 15) is 4.79 Å². The van der Waals surface area contributed by atoms with Gasteiger partial charge in [0, 0.05) is 32.1 Å². The lowest BCUT2D eigenvalue weighted by molar-refractivity contribution is -0.135. The number of carbonyl (C=O) groups is 1. The first-order valence-electron chi connectivity index (χ1n) is 5.94. The topological polar surface area (TPSA) is 41.6 Å². The average Bonchev–Trinajstić information content (AvgIpc) is 2.42. The van der Waals surface area contributed by atoms with Crippen molar-refractivity contribution in [3.8, 4) is 0 Å². The van der Waals surface area contributed by atoms with Crippen molar-refractivity contribution in [2.24, 2.45) is 0 Å². The smallest absolute Gasteiger partial charge is 0.260 e. The Hall–Kier alpha value is -1.26. The summed E-state index contributed by atoms with van der Waals surface area (Å²) in [7, 11) is 0. The van der Waals surface area contributed by atoms with Crippen molar-refractivity contribution in [3.05, 3.63) is 36.6 Å². The Bertz CT molecular complexity index is 334. The minimum Gasteiger partial charge on any atom is -0.484 e. The number of piperazine rings is 1. The number of alkyl halides is 1. The van der Waals surface area contributed by atoms with E-state index >= 15 is 0 Å². The predicted octanol–water partition coefficient (Wildman–Crippen LogP) is 1.30. The number of allylic oxidation sites excluding steroid dienone is 4. The summed E-state index contributed by atoms with van der Waals surface area (Å²) >= 11 is 5.55. The van der Waals surface area contributed by atoms with E-state index in [0.717, 1.165) is 26.2 Å². The van der Waals surface area contributed by atoms with Crippen LogP contribution in [-0.4, -0.2) is 49.5 Å². The van der Waals surface area contributed by atoms with Crippen molar-refractivity contribution in [1.82, 2.24) is 10.2 Å². The van der Waals surface area contributed by atoms with Crippen LogP contribution in [0.25, 0.3) is 0 Å². The summed E-state index contributed by atoms with van der Waals surface area (Å²) in [4.78, 5) is 13.6. The second-order valence-corrected chi connectivity index (χ2v) is 4.09. The lowest BCUT2D eigenvalue weighted by atomic mass is 10.3. The number of nitrogens with zero attached hydrogens (tertiary/aromatic N) is 1. The maximum Gasteiger partial charge on any atom is 0.260 e. The second-order valence-electron chi connectivity index (χ2n) is 3.78. The molecular formula is C13H19ClN2O2.